The predicted molar refractivity (Wildman–Crippen MR) is 73.9 cm³/mol. The molecule has 0 bridgehead atoms. The monoisotopic (exact) mass is 260 g/mol. The highest BCUT2D eigenvalue weighted by atomic mass is 16.6. The second kappa shape index (κ2) is 4.93. The van der Waals surface area contributed by atoms with Gasteiger partial charge in [0.1, 0.15) is 0 Å². The summed E-state index contributed by atoms with van der Waals surface area (Å²) in [7, 11) is 0. The van der Waals surface area contributed by atoms with Crippen LogP contribution in [0.25, 0.3) is 0 Å². The number of nitro benzene ring substituents is 1. The number of hydrogen-bond donors (Lipinski definition) is 1. The van der Waals surface area contributed by atoms with Crippen LogP contribution in [0.1, 0.15) is 36.8 Å². The lowest BCUT2D eigenvalue weighted by Gasteiger charge is -2.18. The molecule has 0 saturated heterocycles. The number of benzene rings is 1. The predicted octanol–water partition coefficient (Wildman–Crippen LogP) is 3.18. The van der Waals surface area contributed by atoms with Crippen LogP contribution < -0.4 is 5.32 Å². The van der Waals surface area contributed by atoms with E-state index in [4.69, 9.17) is 0 Å². The van der Waals surface area contributed by atoms with Crippen LogP contribution in [0.4, 0.5) is 5.69 Å². The molecule has 2 saturated carbocycles. The van der Waals surface area contributed by atoms with Crippen molar-refractivity contribution in [1.29, 1.82) is 0 Å². The van der Waals surface area contributed by atoms with Crippen LogP contribution in [0.3, 0.4) is 0 Å². The van der Waals surface area contributed by atoms with Gasteiger partial charge in [0, 0.05) is 24.2 Å². The lowest BCUT2D eigenvalue weighted by Crippen LogP contribution is -2.32. The first-order valence-corrected chi connectivity index (χ1v) is 7.13. The molecule has 1 aromatic carbocycles. The van der Waals surface area contributed by atoms with Crippen LogP contribution in [-0.2, 0) is 6.54 Å². The van der Waals surface area contributed by atoms with Crippen molar-refractivity contribution in [2.45, 2.75) is 45.2 Å². The van der Waals surface area contributed by atoms with E-state index in [1.165, 1.54) is 25.7 Å². The van der Waals surface area contributed by atoms with Gasteiger partial charge in [0.05, 0.1) is 4.92 Å². The number of rotatable bonds is 6. The topological polar surface area (TPSA) is 55.2 Å². The van der Waals surface area contributed by atoms with Gasteiger partial charge in [0.15, 0.2) is 0 Å². The molecule has 4 nitrogen and oxygen atoms in total. The molecule has 2 aliphatic rings. The standard InChI is InChI=1S/C15H20N2O2/c1-10-13(3-2-4-14(10)17(18)19)9-16-15(11-5-6-11)12-7-8-12/h2-4,11-12,15-16H,5-9H2,1H3. The molecule has 2 aliphatic carbocycles. The quantitative estimate of drug-likeness (QED) is 0.631. The Kier molecular flexibility index (Phi) is 3.27. The van der Waals surface area contributed by atoms with Crippen LogP contribution in [0.2, 0.25) is 0 Å². The van der Waals surface area contributed by atoms with Gasteiger partial charge in [-0.15, -0.1) is 0 Å². The molecule has 102 valence electrons. The summed E-state index contributed by atoms with van der Waals surface area (Å²) in [6.45, 7) is 2.60. The van der Waals surface area contributed by atoms with Crippen molar-refractivity contribution in [3.63, 3.8) is 0 Å². The third kappa shape index (κ3) is 2.78. The molecular formula is C15H20N2O2. The Bertz CT molecular complexity index is 481. The zero-order valence-corrected chi connectivity index (χ0v) is 11.3. The molecule has 1 aromatic rings. The molecule has 0 radical (unpaired) electrons. The first-order valence-electron chi connectivity index (χ1n) is 7.13. The van der Waals surface area contributed by atoms with E-state index < -0.39 is 0 Å². The molecule has 1 N–H and O–H groups in total. The Morgan fingerprint density at radius 3 is 2.47 bits per heavy atom. The van der Waals surface area contributed by atoms with Crippen LogP contribution >= 0.6 is 0 Å². The summed E-state index contributed by atoms with van der Waals surface area (Å²) in [6, 6.07) is 5.99. The van der Waals surface area contributed by atoms with Crippen molar-refractivity contribution in [3.8, 4) is 0 Å². The molecule has 3 rings (SSSR count). The summed E-state index contributed by atoms with van der Waals surface area (Å²) in [5.41, 5.74) is 2.08. The summed E-state index contributed by atoms with van der Waals surface area (Å²) in [5.74, 6) is 1.71. The zero-order valence-electron chi connectivity index (χ0n) is 11.3. The van der Waals surface area contributed by atoms with Crippen molar-refractivity contribution in [2.75, 3.05) is 0 Å². The van der Waals surface area contributed by atoms with Crippen LogP contribution in [0.5, 0.6) is 0 Å². The first-order chi connectivity index (χ1) is 9.16. The summed E-state index contributed by atoms with van der Waals surface area (Å²) >= 11 is 0. The lowest BCUT2D eigenvalue weighted by atomic mass is 10.0. The fourth-order valence-corrected chi connectivity index (χ4v) is 2.92. The molecule has 19 heavy (non-hydrogen) atoms. The minimum atomic E-state index is -0.294. The summed E-state index contributed by atoms with van der Waals surface area (Å²) in [6.07, 6.45) is 5.40. The molecule has 0 aliphatic heterocycles. The number of nitrogens with one attached hydrogen (secondary N) is 1. The lowest BCUT2D eigenvalue weighted by molar-refractivity contribution is -0.385. The van der Waals surface area contributed by atoms with Crippen molar-refractivity contribution in [2.24, 2.45) is 11.8 Å². The average molecular weight is 260 g/mol. The Hall–Kier alpha value is -1.42. The first kappa shape index (κ1) is 12.6. The second-order valence-electron chi connectivity index (χ2n) is 5.90. The van der Waals surface area contributed by atoms with E-state index in [1.807, 2.05) is 13.0 Å². The third-order valence-corrected chi connectivity index (χ3v) is 4.40. The molecule has 0 aromatic heterocycles. The van der Waals surface area contributed by atoms with Gasteiger partial charge in [-0.05, 0) is 50.0 Å². The Morgan fingerprint density at radius 1 is 1.32 bits per heavy atom. The summed E-state index contributed by atoms with van der Waals surface area (Å²) in [4.78, 5) is 10.6. The van der Waals surface area contributed by atoms with E-state index >= 15 is 0 Å². The fourth-order valence-electron chi connectivity index (χ4n) is 2.92. The Morgan fingerprint density at radius 2 is 1.95 bits per heavy atom. The number of nitro groups is 1. The molecular weight excluding hydrogens is 240 g/mol. The maximum absolute atomic E-state index is 10.9. The number of nitrogens with zero attached hydrogens (tertiary/aromatic N) is 1. The van der Waals surface area contributed by atoms with Gasteiger partial charge >= 0.3 is 0 Å². The maximum atomic E-state index is 10.9. The van der Waals surface area contributed by atoms with Crippen molar-refractivity contribution >= 4 is 5.69 Å². The van der Waals surface area contributed by atoms with Gasteiger partial charge in [0.25, 0.3) is 5.69 Å². The zero-order chi connectivity index (χ0) is 13.4. The largest absolute Gasteiger partial charge is 0.309 e. The highest BCUT2D eigenvalue weighted by Gasteiger charge is 2.41. The molecule has 0 amide bonds. The maximum Gasteiger partial charge on any atom is 0.272 e. The van der Waals surface area contributed by atoms with Crippen LogP contribution in [0.15, 0.2) is 18.2 Å². The fraction of sp³-hybridized carbons (Fsp3) is 0.600. The normalized spacial score (nSPS) is 18.8. The average Bonchev–Trinajstić information content (AvgIpc) is 3.25. The van der Waals surface area contributed by atoms with Crippen molar-refractivity contribution in [3.05, 3.63) is 39.4 Å². The van der Waals surface area contributed by atoms with Gasteiger partial charge in [-0.1, -0.05) is 12.1 Å². The smallest absolute Gasteiger partial charge is 0.272 e. The van der Waals surface area contributed by atoms with E-state index in [0.717, 1.165) is 29.5 Å². The third-order valence-electron chi connectivity index (χ3n) is 4.40. The molecule has 0 heterocycles. The SMILES string of the molecule is Cc1c(CNC(C2CC2)C2CC2)cccc1[N+](=O)[O-]. The van der Waals surface area contributed by atoms with Gasteiger partial charge in [-0.2, -0.15) is 0 Å². The van der Waals surface area contributed by atoms with Gasteiger partial charge in [-0.3, -0.25) is 10.1 Å². The molecule has 0 unspecified atom stereocenters. The van der Waals surface area contributed by atoms with E-state index in [-0.39, 0.29) is 10.6 Å². The van der Waals surface area contributed by atoms with Crippen LogP contribution in [0, 0.1) is 28.9 Å². The molecule has 0 spiro atoms. The summed E-state index contributed by atoms with van der Waals surface area (Å²) in [5, 5.41) is 14.6. The molecule has 2 fully saturated rings. The molecule has 4 heteroatoms. The Balaban J connectivity index is 1.68. The van der Waals surface area contributed by atoms with Crippen LogP contribution in [-0.4, -0.2) is 11.0 Å². The van der Waals surface area contributed by atoms with Gasteiger partial charge in [0.2, 0.25) is 0 Å². The van der Waals surface area contributed by atoms with Gasteiger partial charge < -0.3 is 5.32 Å². The van der Waals surface area contributed by atoms with Crippen molar-refractivity contribution < 1.29 is 4.92 Å². The highest BCUT2D eigenvalue weighted by molar-refractivity contribution is 5.44. The molecule has 0 atom stereocenters. The van der Waals surface area contributed by atoms with E-state index in [0.29, 0.717) is 6.04 Å². The second-order valence-corrected chi connectivity index (χ2v) is 5.90. The summed E-state index contributed by atoms with van der Waals surface area (Å²) < 4.78 is 0. The highest BCUT2D eigenvalue weighted by Crippen LogP contribution is 2.44. The van der Waals surface area contributed by atoms with Gasteiger partial charge in [-0.25, -0.2) is 0 Å². The number of hydrogen-bond acceptors (Lipinski definition) is 3. The minimum absolute atomic E-state index is 0.230. The van der Waals surface area contributed by atoms with E-state index in [9.17, 15) is 10.1 Å². The minimum Gasteiger partial charge on any atom is -0.309 e. The van der Waals surface area contributed by atoms with Crippen molar-refractivity contribution in [1.82, 2.24) is 5.32 Å². The van der Waals surface area contributed by atoms with E-state index in [2.05, 4.69) is 5.32 Å². The Labute approximate surface area is 113 Å². The van der Waals surface area contributed by atoms with E-state index in [1.54, 1.807) is 12.1 Å².